The molecule has 1 saturated heterocycles. The molecule has 0 aromatic heterocycles. The van der Waals surface area contributed by atoms with Crippen molar-refractivity contribution in [2.75, 3.05) is 26.2 Å². The summed E-state index contributed by atoms with van der Waals surface area (Å²) in [7, 11) is 0. The number of nitrogens with zero attached hydrogens (tertiary/aromatic N) is 1. The molecule has 4 heteroatoms. The molecule has 2 rings (SSSR count). The van der Waals surface area contributed by atoms with E-state index in [1.165, 1.54) is 25.9 Å². The van der Waals surface area contributed by atoms with E-state index in [1.54, 1.807) is 0 Å². The lowest BCUT2D eigenvalue weighted by Gasteiger charge is -2.14. The van der Waals surface area contributed by atoms with Gasteiger partial charge in [-0.05, 0) is 66.5 Å². The van der Waals surface area contributed by atoms with E-state index in [1.807, 2.05) is 18.2 Å². The first kappa shape index (κ1) is 13.2. The summed E-state index contributed by atoms with van der Waals surface area (Å²) in [5, 5.41) is 0.723. The maximum absolute atomic E-state index is 5.87. The van der Waals surface area contributed by atoms with Crippen LogP contribution >= 0.6 is 27.5 Å². The summed E-state index contributed by atoms with van der Waals surface area (Å²) in [6.07, 6.45) is 3.78. The van der Waals surface area contributed by atoms with Crippen LogP contribution in [0.25, 0.3) is 0 Å². The predicted octanol–water partition coefficient (Wildman–Crippen LogP) is 3.97. The molecule has 0 radical (unpaired) electrons. The van der Waals surface area contributed by atoms with Crippen molar-refractivity contribution in [3.05, 3.63) is 27.7 Å². The highest BCUT2D eigenvalue weighted by Gasteiger charge is 2.10. The second-order valence-electron chi connectivity index (χ2n) is 4.33. The number of benzene rings is 1. The van der Waals surface area contributed by atoms with Crippen LogP contribution in [-0.2, 0) is 0 Å². The van der Waals surface area contributed by atoms with E-state index < -0.39 is 0 Å². The zero-order valence-electron chi connectivity index (χ0n) is 9.79. The Morgan fingerprint density at radius 2 is 2.06 bits per heavy atom. The van der Waals surface area contributed by atoms with Crippen molar-refractivity contribution in [3.8, 4) is 5.75 Å². The van der Waals surface area contributed by atoms with Gasteiger partial charge in [0, 0.05) is 11.6 Å². The zero-order valence-corrected chi connectivity index (χ0v) is 12.1. The average molecular weight is 319 g/mol. The van der Waals surface area contributed by atoms with Crippen molar-refractivity contribution >= 4 is 27.5 Å². The van der Waals surface area contributed by atoms with E-state index >= 15 is 0 Å². The van der Waals surface area contributed by atoms with Crippen molar-refractivity contribution in [1.29, 1.82) is 0 Å². The van der Waals surface area contributed by atoms with Crippen LogP contribution in [0.15, 0.2) is 22.7 Å². The molecule has 0 aliphatic carbocycles. The summed E-state index contributed by atoms with van der Waals surface area (Å²) < 4.78 is 6.64. The second kappa shape index (κ2) is 6.62. The summed E-state index contributed by atoms with van der Waals surface area (Å²) in [6.45, 7) is 4.41. The number of likely N-dealkylation sites (tertiary alicyclic amines) is 1. The molecule has 17 heavy (non-hydrogen) atoms. The third kappa shape index (κ3) is 4.16. The molecule has 0 spiro atoms. The standard InChI is InChI=1S/C13H17BrClNO/c14-12-10-11(15)4-5-13(12)17-9-3-8-16-6-1-2-7-16/h4-5,10H,1-3,6-9H2. The lowest BCUT2D eigenvalue weighted by Crippen LogP contribution is -2.21. The van der Waals surface area contributed by atoms with Gasteiger partial charge in [0.1, 0.15) is 5.75 Å². The number of hydrogen-bond acceptors (Lipinski definition) is 2. The molecule has 1 heterocycles. The smallest absolute Gasteiger partial charge is 0.133 e. The monoisotopic (exact) mass is 317 g/mol. The summed E-state index contributed by atoms with van der Waals surface area (Å²) in [6, 6.07) is 5.61. The maximum atomic E-state index is 5.87. The molecule has 0 N–H and O–H groups in total. The highest BCUT2D eigenvalue weighted by Crippen LogP contribution is 2.28. The molecule has 0 atom stereocenters. The Balaban J connectivity index is 1.70. The third-order valence-corrected chi connectivity index (χ3v) is 3.82. The van der Waals surface area contributed by atoms with Crippen LogP contribution in [0.2, 0.25) is 5.02 Å². The average Bonchev–Trinajstić information content (AvgIpc) is 2.79. The van der Waals surface area contributed by atoms with E-state index in [0.717, 1.165) is 34.8 Å². The van der Waals surface area contributed by atoms with Crippen molar-refractivity contribution < 1.29 is 4.74 Å². The molecule has 0 bridgehead atoms. The zero-order chi connectivity index (χ0) is 12.1. The molecule has 0 saturated carbocycles. The van der Waals surface area contributed by atoms with Gasteiger partial charge in [0.15, 0.2) is 0 Å². The molecule has 1 aliphatic heterocycles. The Morgan fingerprint density at radius 3 is 2.76 bits per heavy atom. The molecule has 0 unspecified atom stereocenters. The van der Waals surface area contributed by atoms with Crippen LogP contribution in [0.4, 0.5) is 0 Å². The third-order valence-electron chi connectivity index (χ3n) is 2.97. The van der Waals surface area contributed by atoms with Crippen molar-refractivity contribution in [1.82, 2.24) is 4.90 Å². The lowest BCUT2D eigenvalue weighted by molar-refractivity contribution is 0.262. The van der Waals surface area contributed by atoms with E-state index in [-0.39, 0.29) is 0 Å². The van der Waals surface area contributed by atoms with Gasteiger partial charge in [-0.15, -0.1) is 0 Å². The van der Waals surface area contributed by atoms with Gasteiger partial charge < -0.3 is 9.64 Å². The van der Waals surface area contributed by atoms with Gasteiger partial charge in [-0.3, -0.25) is 0 Å². The molecule has 1 aromatic carbocycles. The highest BCUT2D eigenvalue weighted by atomic mass is 79.9. The first-order chi connectivity index (χ1) is 8.25. The molecule has 94 valence electrons. The number of ether oxygens (including phenoxy) is 1. The predicted molar refractivity (Wildman–Crippen MR) is 74.9 cm³/mol. The fourth-order valence-corrected chi connectivity index (χ4v) is 2.87. The minimum absolute atomic E-state index is 0.723. The Hall–Kier alpha value is -0.250. The first-order valence-corrected chi connectivity index (χ1v) is 7.23. The quantitative estimate of drug-likeness (QED) is 0.762. The van der Waals surface area contributed by atoms with Gasteiger partial charge in [0.05, 0.1) is 11.1 Å². The van der Waals surface area contributed by atoms with Crippen LogP contribution in [0, 0.1) is 0 Å². The summed E-state index contributed by atoms with van der Waals surface area (Å²) in [5.41, 5.74) is 0. The van der Waals surface area contributed by atoms with Crippen LogP contribution in [0.3, 0.4) is 0 Å². The van der Waals surface area contributed by atoms with Crippen LogP contribution in [0.5, 0.6) is 5.75 Å². The number of halogens is 2. The summed E-state index contributed by atoms with van der Waals surface area (Å²) in [4.78, 5) is 2.50. The molecular weight excluding hydrogens is 302 g/mol. The van der Waals surface area contributed by atoms with Crippen molar-refractivity contribution in [3.63, 3.8) is 0 Å². The molecule has 2 nitrogen and oxygen atoms in total. The maximum Gasteiger partial charge on any atom is 0.133 e. The minimum Gasteiger partial charge on any atom is -0.492 e. The van der Waals surface area contributed by atoms with Crippen molar-refractivity contribution in [2.45, 2.75) is 19.3 Å². The summed E-state index contributed by atoms with van der Waals surface area (Å²) >= 11 is 9.32. The Morgan fingerprint density at radius 1 is 1.29 bits per heavy atom. The molecule has 1 aliphatic rings. The number of hydrogen-bond donors (Lipinski definition) is 0. The minimum atomic E-state index is 0.723. The first-order valence-electron chi connectivity index (χ1n) is 6.06. The van der Waals surface area contributed by atoms with Gasteiger partial charge in [0.25, 0.3) is 0 Å². The summed E-state index contributed by atoms with van der Waals surface area (Å²) in [5.74, 6) is 0.871. The van der Waals surface area contributed by atoms with Crippen LogP contribution < -0.4 is 4.74 Å². The molecule has 0 amide bonds. The lowest BCUT2D eigenvalue weighted by atomic mass is 10.3. The van der Waals surface area contributed by atoms with E-state index in [2.05, 4.69) is 20.8 Å². The van der Waals surface area contributed by atoms with Gasteiger partial charge in [-0.25, -0.2) is 0 Å². The van der Waals surface area contributed by atoms with E-state index in [9.17, 15) is 0 Å². The van der Waals surface area contributed by atoms with Crippen LogP contribution in [-0.4, -0.2) is 31.1 Å². The van der Waals surface area contributed by atoms with Gasteiger partial charge in [-0.2, -0.15) is 0 Å². The SMILES string of the molecule is Clc1ccc(OCCCN2CCCC2)c(Br)c1. The van der Waals surface area contributed by atoms with Gasteiger partial charge in [-0.1, -0.05) is 11.6 Å². The second-order valence-corrected chi connectivity index (χ2v) is 5.62. The Bertz CT molecular complexity index is 366. The molecule has 1 aromatic rings. The highest BCUT2D eigenvalue weighted by molar-refractivity contribution is 9.10. The van der Waals surface area contributed by atoms with E-state index in [4.69, 9.17) is 16.3 Å². The van der Waals surface area contributed by atoms with Gasteiger partial charge >= 0.3 is 0 Å². The Kier molecular flexibility index (Phi) is 5.14. The fourth-order valence-electron chi connectivity index (χ4n) is 2.07. The Labute approximate surface area is 116 Å². The van der Waals surface area contributed by atoms with Crippen LogP contribution in [0.1, 0.15) is 19.3 Å². The van der Waals surface area contributed by atoms with E-state index in [0.29, 0.717) is 0 Å². The fraction of sp³-hybridized carbons (Fsp3) is 0.538. The number of rotatable bonds is 5. The van der Waals surface area contributed by atoms with Gasteiger partial charge in [0.2, 0.25) is 0 Å². The molecule has 1 fully saturated rings. The van der Waals surface area contributed by atoms with Crippen molar-refractivity contribution in [2.24, 2.45) is 0 Å². The molecular formula is C13H17BrClNO. The topological polar surface area (TPSA) is 12.5 Å². The largest absolute Gasteiger partial charge is 0.492 e. The normalized spacial score (nSPS) is 16.4.